The zero-order chi connectivity index (χ0) is 45.3. The van der Waals surface area contributed by atoms with E-state index in [2.05, 4.69) is 228 Å². The van der Waals surface area contributed by atoms with Gasteiger partial charge >= 0.3 is 0 Å². The first-order valence-corrected chi connectivity index (χ1v) is 24.2. The molecular weight excluding hydrogens is 831 g/mol. The third kappa shape index (κ3) is 6.67. The Kier molecular flexibility index (Phi) is 9.53. The van der Waals surface area contributed by atoms with Crippen molar-refractivity contribution < 1.29 is 9.47 Å². The van der Waals surface area contributed by atoms with E-state index in [-0.39, 0.29) is 5.41 Å². The highest BCUT2D eigenvalue weighted by molar-refractivity contribution is 6.10. The molecule has 4 aliphatic carbocycles. The van der Waals surface area contributed by atoms with Crippen LogP contribution in [0.2, 0.25) is 0 Å². The van der Waals surface area contributed by atoms with Crippen LogP contribution >= 0.6 is 0 Å². The fraction of sp³-hybridized carbons (Fsp3) is 0.143. The summed E-state index contributed by atoms with van der Waals surface area (Å²) in [7, 11) is 0. The van der Waals surface area contributed by atoms with Crippen LogP contribution in [0.4, 0.5) is 22.7 Å². The van der Waals surface area contributed by atoms with Gasteiger partial charge in [-0.05, 0) is 169 Å². The normalized spacial score (nSPS) is 16.3. The molecule has 0 atom stereocenters. The number of nitrogens with zero attached hydrogens (tertiary/aromatic N) is 3. The maximum atomic E-state index is 6.43. The largest absolute Gasteiger partial charge is 0.450 e. The Morgan fingerprint density at radius 2 is 1.03 bits per heavy atom. The molecule has 0 N–H and O–H groups in total. The summed E-state index contributed by atoms with van der Waals surface area (Å²) in [6.07, 6.45) is 23.8. The first-order valence-electron chi connectivity index (χ1n) is 24.2. The van der Waals surface area contributed by atoms with Gasteiger partial charge in [-0.3, -0.25) is 0 Å². The molecule has 0 bridgehead atoms. The number of hydrogen-bond acceptors (Lipinski definition) is 4. The Morgan fingerprint density at radius 3 is 1.69 bits per heavy atom. The number of hydrogen-bond donors (Lipinski definition) is 0. The van der Waals surface area contributed by atoms with Crippen LogP contribution in [0.25, 0.3) is 49.7 Å². The zero-order valence-corrected chi connectivity index (χ0v) is 38.5. The van der Waals surface area contributed by atoms with Gasteiger partial charge in [0.2, 0.25) is 0 Å². The molecule has 2 heterocycles. The van der Waals surface area contributed by atoms with Crippen LogP contribution in [-0.2, 0) is 5.41 Å². The monoisotopic (exact) mass is 881 g/mol. The molecular formula is C63H51N3O2. The Hall–Kier alpha value is -8.02. The van der Waals surface area contributed by atoms with Crippen molar-refractivity contribution in [1.82, 2.24) is 4.57 Å². The van der Waals surface area contributed by atoms with Gasteiger partial charge in [-0.15, -0.1) is 0 Å². The Morgan fingerprint density at radius 1 is 0.471 bits per heavy atom. The number of ether oxygens (including phenoxy) is 2. The van der Waals surface area contributed by atoms with Crippen LogP contribution in [0.3, 0.4) is 0 Å². The molecule has 0 fully saturated rings. The van der Waals surface area contributed by atoms with Crippen molar-refractivity contribution in [2.75, 3.05) is 9.80 Å². The van der Waals surface area contributed by atoms with Crippen molar-refractivity contribution >= 4 is 44.6 Å². The topological polar surface area (TPSA) is 29.9 Å². The quantitative estimate of drug-likeness (QED) is 0.152. The first-order chi connectivity index (χ1) is 33.5. The number of allylic oxidation sites excluding steroid dienone is 10. The molecule has 7 aromatic carbocycles. The summed E-state index contributed by atoms with van der Waals surface area (Å²) in [6, 6.07) is 56.0. The van der Waals surface area contributed by atoms with Crippen LogP contribution in [0.5, 0.6) is 11.5 Å². The molecule has 1 aliphatic heterocycles. The molecule has 5 aliphatic rings. The van der Waals surface area contributed by atoms with Crippen molar-refractivity contribution in [3.63, 3.8) is 0 Å². The molecule has 0 radical (unpaired) electrons. The van der Waals surface area contributed by atoms with E-state index >= 15 is 0 Å². The lowest BCUT2D eigenvalue weighted by molar-refractivity contribution is 0.289. The average molecular weight is 882 g/mol. The minimum Gasteiger partial charge on any atom is -0.450 e. The van der Waals surface area contributed by atoms with E-state index in [9.17, 15) is 0 Å². The fourth-order valence-corrected chi connectivity index (χ4v) is 11.2. The maximum absolute atomic E-state index is 6.43. The minimum atomic E-state index is -0.118. The van der Waals surface area contributed by atoms with Gasteiger partial charge in [0.25, 0.3) is 0 Å². The van der Waals surface area contributed by atoms with Gasteiger partial charge in [-0.2, -0.15) is 0 Å². The summed E-state index contributed by atoms with van der Waals surface area (Å²) in [6.45, 7) is 4.72. The van der Waals surface area contributed by atoms with Gasteiger partial charge in [0.05, 0.1) is 11.0 Å². The molecule has 13 rings (SSSR count). The summed E-state index contributed by atoms with van der Waals surface area (Å²) < 4.78 is 15.2. The van der Waals surface area contributed by atoms with Crippen molar-refractivity contribution in [1.29, 1.82) is 0 Å². The average Bonchev–Trinajstić information content (AvgIpc) is 3.83. The molecule has 0 unspecified atom stereocenters. The highest BCUT2D eigenvalue weighted by Gasteiger charge is 2.36. The van der Waals surface area contributed by atoms with Gasteiger partial charge in [0.1, 0.15) is 0 Å². The number of fused-ring (bicyclic) bond motifs is 8. The summed E-state index contributed by atoms with van der Waals surface area (Å²) in [5.41, 5.74) is 18.1. The SMILES string of the molecule is CC1(C)c2ccccc2-c2ccc(N(c3ccc(-c4ccc(-n5c6ccccc6c6cc7c(cc65)OC5=CCCC=C5O7)cc4)cc3)c3ccc(N(C4=CC=CCC4)C4=CC=CCC4)cc3)cc21. The Bertz CT molecular complexity index is 3490. The van der Waals surface area contributed by atoms with Crippen LogP contribution in [0.15, 0.2) is 223 Å². The molecule has 0 spiro atoms. The van der Waals surface area contributed by atoms with Crippen LogP contribution in [0, 0.1) is 0 Å². The van der Waals surface area contributed by atoms with Gasteiger partial charge in [-0.25, -0.2) is 0 Å². The molecule has 0 amide bonds. The number of benzene rings is 7. The molecule has 5 nitrogen and oxygen atoms in total. The third-order valence-corrected chi connectivity index (χ3v) is 14.6. The van der Waals surface area contributed by atoms with Crippen molar-refractivity contribution in [3.8, 4) is 39.4 Å². The highest BCUT2D eigenvalue weighted by Crippen LogP contribution is 2.51. The standard InChI is InChI=1S/C63H51N3O2/c1-63(2)55-21-11-9-19-51(55)52-38-37-50(39-56(52)63)65(48-35-33-47(34-36-48)64(44-15-5-3-6-16-44)45-17-7-4-8-18-45)46-29-25-42(26-30-46)43-27-31-49(32-28-43)66-57-22-12-10-20-53(57)54-40-61-62(41-58(54)66)68-60-24-14-13-23-59(60)67-61/h3-5,7,9-12,15,17,19-41H,6,8,13-14,16,18H2,1-2H3. The highest BCUT2D eigenvalue weighted by atomic mass is 16.6. The number of aromatic nitrogens is 1. The Balaban J connectivity index is 0.861. The van der Waals surface area contributed by atoms with E-state index < -0.39 is 0 Å². The summed E-state index contributed by atoms with van der Waals surface area (Å²) in [4.78, 5) is 4.90. The lowest BCUT2D eigenvalue weighted by atomic mass is 9.82. The number of para-hydroxylation sites is 1. The van der Waals surface area contributed by atoms with Crippen LogP contribution in [-0.4, -0.2) is 4.57 Å². The van der Waals surface area contributed by atoms with Crippen LogP contribution < -0.4 is 19.3 Å². The second-order valence-electron chi connectivity index (χ2n) is 19.0. The molecule has 0 saturated heterocycles. The molecule has 1 aromatic heterocycles. The number of rotatable bonds is 8. The third-order valence-electron chi connectivity index (χ3n) is 14.6. The molecule has 330 valence electrons. The smallest absolute Gasteiger partial charge is 0.172 e. The summed E-state index contributed by atoms with van der Waals surface area (Å²) >= 11 is 0. The molecule has 5 heteroatoms. The fourth-order valence-electron chi connectivity index (χ4n) is 11.2. The van der Waals surface area contributed by atoms with Gasteiger partial charge in [0, 0.05) is 62.1 Å². The molecule has 68 heavy (non-hydrogen) atoms. The van der Waals surface area contributed by atoms with E-state index in [4.69, 9.17) is 9.47 Å². The van der Waals surface area contributed by atoms with Crippen molar-refractivity contribution in [3.05, 3.63) is 234 Å². The van der Waals surface area contributed by atoms with E-state index in [1.807, 2.05) is 0 Å². The summed E-state index contributed by atoms with van der Waals surface area (Å²) in [5.74, 6) is 3.12. The minimum absolute atomic E-state index is 0.118. The van der Waals surface area contributed by atoms with E-state index in [0.717, 1.165) is 112 Å². The Labute approximate surface area is 398 Å². The molecule has 8 aromatic rings. The van der Waals surface area contributed by atoms with Gasteiger partial charge in [0.15, 0.2) is 23.0 Å². The zero-order valence-electron chi connectivity index (χ0n) is 38.5. The van der Waals surface area contributed by atoms with Gasteiger partial charge < -0.3 is 23.8 Å². The van der Waals surface area contributed by atoms with E-state index in [1.54, 1.807) is 0 Å². The van der Waals surface area contributed by atoms with Crippen molar-refractivity contribution in [2.45, 2.75) is 57.8 Å². The maximum Gasteiger partial charge on any atom is 0.172 e. The van der Waals surface area contributed by atoms with Gasteiger partial charge in [-0.1, -0.05) is 111 Å². The lowest BCUT2D eigenvalue weighted by Crippen LogP contribution is -2.23. The van der Waals surface area contributed by atoms with E-state index in [1.165, 1.54) is 44.7 Å². The van der Waals surface area contributed by atoms with Crippen molar-refractivity contribution in [2.24, 2.45) is 0 Å². The number of anilines is 4. The summed E-state index contributed by atoms with van der Waals surface area (Å²) in [5, 5.41) is 2.32. The van der Waals surface area contributed by atoms with Crippen LogP contribution in [0.1, 0.15) is 63.5 Å². The first kappa shape index (κ1) is 40.3. The predicted molar refractivity (Wildman–Crippen MR) is 281 cm³/mol. The predicted octanol–water partition coefficient (Wildman–Crippen LogP) is 16.8. The second kappa shape index (κ2) is 16.1. The van der Waals surface area contributed by atoms with E-state index in [0.29, 0.717) is 0 Å². The molecule has 0 saturated carbocycles. The lowest BCUT2D eigenvalue weighted by Gasteiger charge is -2.33. The second-order valence-corrected chi connectivity index (χ2v) is 19.0.